The molecular formula is C17H19N5O3. The average Bonchev–Trinajstić information content (AvgIpc) is 3.12. The first-order valence-corrected chi connectivity index (χ1v) is 7.92. The lowest BCUT2D eigenvalue weighted by molar-refractivity contribution is -0.132. The maximum absolute atomic E-state index is 12.6. The number of imidazole rings is 1. The van der Waals surface area contributed by atoms with Crippen molar-refractivity contribution in [2.24, 2.45) is 0 Å². The smallest absolute Gasteiger partial charge is 0.338 e. The molecule has 4 amide bonds. The predicted molar refractivity (Wildman–Crippen MR) is 89.3 cm³/mol. The molecule has 0 bridgehead atoms. The molecule has 25 heavy (non-hydrogen) atoms. The summed E-state index contributed by atoms with van der Waals surface area (Å²) in [6.45, 7) is 3.35. The fourth-order valence-corrected chi connectivity index (χ4v) is 2.69. The zero-order valence-electron chi connectivity index (χ0n) is 14.0. The molecule has 3 rings (SSSR count). The highest BCUT2D eigenvalue weighted by molar-refractivity contribution is 6.08. The number of amides is 4. The molecule has 0 unspecified atom stereocenters. The van der Waals surface area contributed by atoms with Crippen LogP contribution >= 0.6 is 0 Å². The number of aromatic nitrogens is 2. The molecule has 2 heterocycles. The van der Waals surface area contributed by atoms with Gasteiger partial charge in [0.05, 0.1) is 6.20 Å². The fraction of sp³-hybridized carbons (Fsp3) is 0.294. The van der Waals surface area contributed by atoms with Crippen LogP contribution in [0.2, 0.25) is 0 Å². The number of rotatable bonds is 5. The van der Waals surface area contributed by atoms with Crippen molar-refractivity contribution in [3.63, 3.8) is 0 Å². The number of aryl methyl sites for hydroxylation is 2. The van der Waals surface area contributed by atoms with Crippen LogP contribution in [0.5, 0.6) is 0 Å². The number of urea groups is 1. The summed E-state index contributed by atoms with van der Waals surface area (Å²) < 4.78 is 0. The Kier molecular flexibility index (Phi) is 4.26. The predicted octanol–water partition coefficient (Wildman–Crippen LogP) is 1.31. The Labute approximate surface area is 144 Å². The van der Waals surface area contributed by atoms with E-state index in [1.165, 1.54) is 6.20 Å². The number of aromatic amines is 1. The third kappa shape index (κ3) is 3.37. The normalized spacial score (nSPS) is 19.8. The van der Waals surface area contributed by atoms with Crippen LogP contribution in [0.4, 0.5) is 4.79 Å². The fourth-order valence-electron chi connectivity index (χ4n) is 2.69. The molecule has 0 aliphatic carbocycles. The highest BCUT2D eigenvalue weighted by atomic mass is 16.2. The van der Waals surface area contributed by atoms with E-state index in [1.807, 2.05) is 30.3 Å². The highest BCUT2D eigenvalue weighted by Gasteiger charge is 2.48. The molecule has 8 heteroatoms. The third-order valence-corrected chi connectivity index (χ3v) is 4.18. The Bertz CT molecular complexity index is 817. The largest absolute Gasteiger partial charge is 0.344 e. The lowest BCUT2D eigenvalue weighted by atomic mass is 9.93. The zero-order valence-corrected chi connectivity index (χ0v) is 14.0. The average molecular weight is 341 g/mol. The van der Waals surface area contributed by atoms with Gasteiger partial charge in [0.15, 0.2) is 0 Å². The van der Waals surface area contributed by atoms with Gasteiger partial charge in [-0.15, -0.1) is 0 Å². The number of hydrazine groups is 1. The van der Waals surface area contributed by atoms with Crippen molar-refractivity contribution >= 4 is 17.8 Å². The lowest BCUT2D eigenvalue weighted by Crippen LogP contribution is -2.49. The number of hydrogen-bond acceptors (Lipinski definition) is 4. The number of nitrogens with zero attached hydrogens (tertiary/aromatic N) is 2. The molecule has 8 nitrogen and oxygen atoms in total. The minimum Gasteiger partial charge on any atom is -0.338 e. The topological polar surface area (TPSA) is 107 Å². The van der Waals surface area contributed by atoms with Crippen LogP contribution in [0, 0.1) is 6.92 Å². The zero-order chi connectivity index (χ0) is 18.0. The molecular weight excluding hydrogens is 322 g/mol. The summed E-state index contributed by atoms with van der Waals surface area (Å²) >= 11 is 0. The summed E-state index contributed by atoms with van der Waals surface area (Å²) in [6.07, 6.45) is 2.40. The first-order valence-electron chi connectivity index (χ1n) is 7.92. The van der Waals surface area contributed by atoms with Crippen molar-refractivity contribution in [2.45, 2.75) is 32.2 Å². The minimum atomic E-state index is -1.07. The molecule has 1 saturated heterocycles. The number of H-pyrrole nitrogens is 1. The van der Waals surface area contributed by atoms with Gasteiger partial charge in [-0.2, -0.15) is 5.01 Å². The van der Waals surface area contributed by atoms with Crippen molar-refractivity contribution in [3.8, 4) is 0 Å². The quantitative estimate of drug-likeness (QED) is 0.713. The lowest BCUT2D eigenvalue weighted by Gasteiger charge is -2.21. The van der Waals surface area contributed by atoms with E-state index in [1.54, 1.807) is 13.8 Å². The van der Waals surface area contributed by atoms with E-state index in [0.29, 0.717) is 18.7 Å². The summed E-state index contributed by atoms with van der Waals surface area (Å²) in [4.78, 5) is 43.6. The van der Waals surface area contributed by atoms with Crippen molar-refractivity contribution in [2.75, 3.05) is 0 Å². The second-order valence-corrected chi connectivity index (χ2v) is 6.21. The highest BCUT2D eigenvalue weighted by Crippen LogP contribution is 2.22. The van der Waals surface area contributed by atoms with Gasteiger partial charge in [-0.3, -0.25) is 15.0 Å². The summed E-state index contributed by atoms with van der Waals surface area (Å²) in [7, 11) is 0. The van der Waals surface area contributed by atoms with Crippen molar-refractivity contribution < 1.29 is 14.4 Å². The second-order valence-electron chi connectivity index (χ2n) is 6.21. The third-order valence-electron chi connectivity index (χ3n) is 4.18. The Morgan fingerprint density at radius 1 is 1.28 bits per heavy atom. The maximum Gasteiger partial charge on any atom is 0.344 e. The molecule has 1 fully saturated rings. The minimum absolute atomic E-state index is 0.177. The van der Waals surface area contributed by atoms with Crippen LogP contribution in [0.1, 0.15) is 35.2 Å². The summed E-state index contributed by atoms with van der Waals surface area (Å²) in [5.41, 5.74) is 2.50. The van der Waals surface area contributed by atoms with E-state index in [-0.39, 0.29) is 5.69 Å². The molecule has 1 atom stereocenters. The van der Waals surface area contributed by atoms with Crippen LogP contribution < -0.4 is 10.7 Å². The molecule has 130 valence electrons. The standard InChI is InChI=1S/C17H19N5O3/c1-11-18-10-13(19-11)14(23)21-22-15(24)17(2,20-16(22)25)9-8-12-6-4-3-5-7-12/h3-7,10H,8-9H2,1-2H3,(H,18,19)(H,20,25)(H,21,23)/t17-/m0/s1. The van der Waals surface area contributed by atoms with E-state index in [4.69, 9.17) is 0 Å². The molecule has 0 spiro atoms. The molecule has 1 aliphatic rings. The van der Waals surface area contributed by atoms with Crippen LogP contribution in [0.25, 0.3) is 0 Å². The summed E-state index contributed by atoms with van der Waals surface area (Å²) in [6, 6.07) is 9.04. The monoisotopic (exact) mass is 341 g/mol. The van der Waals surface area contributed by atoms with E-state index < -0.39 is 23.4 Å². The van der Waals surface area contributed by atoms with Crippen molar-refractivity contribution in [3.05, 3.63) is 53.6 Å². The van der Waals surface area contributed by atoms with Gasteiger partial charge in [-0.1, -0.05) is 30.3 Å². The first-order chi connectivity index (χ1) is 11.9. The molecule has 3 N–H and O–H groups in total. The van der Waals surface area contributed by atoms with Crippen LogP contribution in [-0.4, -0.2) is 38.4 Å². The number of benzene rings is 1. The molecule has 0 saturated carbocycles. The number of hydrogen-bond donors (Lipinski definition) is 3. The van der Waals surface area contributed by atoms with Gasteiger partial charge in [0, 0.05) is 0 Å². The van der Waals surface area contributed by atoms with E-state index >= 15 is 0 Å². The van der Waals surface area contributed by atoms with Crippen LogP contribution in [0.3, 0.4) is 0 Å². The SMILES string of the molecule is Cc1ncc(C(=O)NN2C(=O)N[C@@](C)(CCc3ccccc3)C2=O)[nH]1. The van der Waals surface area contributed by atoms with Gasteiger partial charge in [-0.05, 0) is 32.3 Å². The Morgan fingerprint density at radius 3 is 2.64 bits per heavy atom. The molecule has 1 aromatic carbocycles. The van der Waals surface area contributed by atoms with Gasteiger partial charge in [0.25, 0.3) is 11.8 Å². The summed E-state index contributed by atoms with van der Waals surface area (Å²) in [5, 5.41) is 3.38. The number of carbonyl (C=O) groups is 3. The van der Waals surface area contributed by atoms with Gasteiger partial charge in [0.2, 0.25) is 0 Å². The van der Waals surface area contributed by atoms with Gasteiger partial charge in [0.1, 0.15) is 17.1 Å². The van der Waals surface area contributed by atoms with E-state index in [0.717, 1.165) is 10.6 Å². The van der Waals surface area contributed by atoms with Crippen molar-refractivity contribution in [1.82, 2.24) is 25.7 Å². The Morgan fingerprint density at radius 2 is 2.00 bits per heavy atom. The second kappa shape index (κ2) is 6.39. The van der Waals surface area contributed by atoms with Crippen LogP contribution in [-0.2, 0) is 11.2 Å². The van der Waals surface area contributed by atoms with Gasteiger partial charge in [-0.25, -0.2) is 9.78 Å². The molecule has 1 aliphatic heterocycles. The maximum atomic E-state index is 12.6. The number of carbonyl (C=O) groups excluding carboxylic acids is 3. The van der Waals surface area contributed by atoms with Crippen molar-refractivity contribution in [1.29, 1.82) is 0 Å². The van der Waals surface area contributed by atoms with E-state index in [2.05, 4.69) is 20.7 Å². The van der Waals surface area contributed by atoms with E-state index in [9.17, 15) is 14.4 Å². The molecule has 1 aromatic heterocycles. The van der Waals surface area contributed by atoms with Crippen LogP contribution in [0.15, 0.2) is 36.5 Å². The Hall–Kier alpha value is -3.16. The first kappa shape index (κ1) is 16.7. The van der Waals surface area contributed by atoms with Gasteiger partial charge < -0.3 is 10.3 Å². The molecule has 0 radical (unpaired) electrons. The van der Waals surface area contributed by atoms with Gasteiger partial charge >= 0.3 is 6.03 Å². The Balaban J connectivity index is 1.67. The number of imide groups is 1. The molecule has 2 aromatic rings. The number of nitrogens with one attached hydrogen (secondary N) is 3. The summed E-state index contributed by atoms with van der Waals surface area (Å²) in [5.74, 6) is -0.524.